The van der Waals surface area contributed by atoms with E-state index in [2.05, 4.69) is 41.5 Å². The summed E-state index contributed by atoms with van der Waals surface area (Å²) in [6.07, 6.45) is 5.66. The molecule has 2 rings (SSSR count). The van der Waals surface area contributed by atoms with Crippen molar-refractivity contribution in [1.29, 1.82) is 0 Å². The van der Waals surface area contributed by atoms with Crippen molar-refractivity contribution in [3.05, 3.63) is 9.77 Å². The standard InChI is InChI=1S/C11H18IN3/c1-7-3-4-10(8(2)5-7)15-11(13)9(12)6-14-15/h6-8,10H,3-5,13H2,1-2H3. The second kappa shape index (κ2) is 4.31. The van der Waals surface area contributed by atoms with Crippen molar-refractivity contribution in [2.45, 2.75) is 39.2 Å². The Kier molecular flexibility index (Phi) is 3.23. The highest BCUT2D eigenvalue weighted by atomic mass is 127. The highest BCUT2D eigenvalue weighted by Gasteiger charge is 2.28. The Morgan fingerprint density at radius 2 is 2.20 bits per heavy atom. The molecule has 3 atom stereocenters. The van der Waals surface area contributed by atoms with Gasteiger partial charge in [0.05, 0.1) is 15.8 Å². The Morgan fingerprint density at radius 3 is 2.73 bits per heavy atom. The second-order valence-corrected chi connectivity index (χ2v) is 5.95. The highest BCUT2D eigenvalue weighted by Crippen LogP contribution is 2.37. The fourth-order valence-corrected chi connectivity index (χ4v) is 3.00. The molecule has 4 heteroatoms. The first kappa shape index (κ1) is 11.2. The van der Waals surface area contributed by atoms with Crippen molar-refractivity contribution in [3.63, 3.8) is 0 Å². The van der Waals surface area contributed by atoms with Gasteiger partial charge in [0.15, 0.2) is 0 Å². The van der Waals surface area contributed by atoms with Crippen molar-refractivity contribution < 1.29 is 0 Å². The summed E-state index contributed by atoms with van der Waals surface area (Å²) < 4.78 is 3.09. The average molecular weight is 319 g/mol. The van der Waals surface area contributed by atoms with Gasteiger partial charge in [-0.05, 0) is 53.7 Å². The van der Waals surface area contributed by atoms with E-state index in [1.807, 2.05) is 10.9 Å². The number of halogens is 1. The minimum Gasteiger partial charge on any atom is -0.383 e. The van der Waals surface area contributed by atoms with Gasteiger partial charge in [-0.1, -0.05) is 13.8 Å². The molecule has 1 heterocycles. The van der Waals surface area contributed by atoms with Crippen LogP contribution in [0, 0.1) is 15.4 Å². The van der Waals surface area contributed by atoms with Crippen LogP contribution in [-0.4, -0.2) is 9.78 Å². The summed E-state index contributed by atoms with van der Waals surface area (Å²) in [6, 6.07) is 0.504. The molecule has 0 radical (unpaired) electrons. The van der Waals surface area contributed by atoms with Crippen molar-refractivity contribution >= 4 is 28.4 Å². The Balaban J connectivity index is 2.20. The Morgan fingerprint density at radius 1 is 1.47 bits per heavy atom. The molecule has 3 unspecified atom stereocenters. The lowest BCUT2D eigenvalue weighted by Gasteiger charge is -2.33. The third kappa shape index (κ3) is 2.14. The molecule has 1 aromatic heterocycles. The molecule has 15 heavy (non-hydrogen) atoms. The zero-order chi connectivity index (χ0) is 11.0. The van der Waals surface area contributed by atoms with E-state index >= 15 is 0 Å². The van der Waals surface area contributed by atoms with E-state index in [4.69, 9.17) is 5.73 Å². The molecule has 1 fully saturated rings. The lowest BCUT2D eigenvalue weighted by atomic mass is 9.80. The normalized spacial score (nSPS) is 31.8. The Labute approximate surface area is 105 Å². The second-order valence-electron chi connectivity index (χ2n) is 4.79. The van der Waals surface area contributed by atoms with Gasteiger partial charge in [-0.3, -0.25) is 0 Å². The van der Waals surface area contributed by atoms with Gasteiger partial charge in [-0.25, -0.2) is 4.68 Å². The van der Waals surface area contributed by atoms with Crippen molar-refractivity contribution in [1.82, 2.24) is 9.78 Å². The maximum Gasteiger partial charge on any atom is 0.135 e. The molecule has 3 nitrogen and oxygen atoms in total. The van der Waals surface area contributed by atoms with E-state index in [1.165, 1.54) is 19.3 Å². The van der Waals surface area contributed by atoms with Gasteiger partial charge >= 0.3 is 0 Å². The van der Waals surface area contributed by atoms with Crippen LogP contribution < -0.4 is 5.73 Å². The van der Waals surface area contributed by atoms with Crippen LogP contribution in [0.15, 0.2) is 6.20 Å². The van der Waals surface area contributed by atoms with Crippen molar-refractivity contribution in [2.75, 3.05) is 5.73 Å². The fourth-order valence-electron chi connectivity index (χ4n) is 2.63. The van der Waals surface area contributed by atoms with E-state index in [1.54, 1.807) is 0 Å². The topological polar surface area (TPSA) is 43.8 Å². The molecule has 0 spiro atoms. The number of nitrogens with two attached hydrogens (primary N) is 1. The zero-order valence-corrected chi connectivity index (χ0v) is 11.4. The van der Waals surface area contributed by atoms with E-state index in [9.17, 15) is 0 Å². The van der Waals surface area contributed by atoms with E-state index in [0.29, 0.717) is 12.0 Å². The van der Waals surface area contributed by atoms with Crippen LogP contribution >= 0.6 is 22.6 Å². The van der Waals surface area contributed by atoms with E-state index in [-0.39, 0.29) is 0 Å². The van der Waals surface area contributed by atoms with Crippen LogP contribution in [0.1, 0.15) is 39.2 Å². The molecule has 0 saturated heterocycles. The summed E-state index contributed by atoms with van der Waals surface area (Å²) in [5.41, 5.74) is 6.02. The molecule has 0 bridgehead atoms. The molecule has 0 aromatic carbocycles. The number of aromatic nitrogens is 2. The number of hydrogen-bond donors (Lipinski definition) is 1. The number of hydrogen-bond acceptors (Lipinski definition) is 2. The maximum atomic E-state index is 6.02. The van der Waals surface area contributed by atoms with Crippen LogP contribution in [-0.2, 0) is 0 Å². The fraction of sp³-hybridized carbons (Fsp3) is 0.727. The van der Waals surface area contributed by atoms with Gasteiger partial charge in [0.1, 0.15) is 5.82 Å². The maximum absolute atomic E-state index is 6.02. The third-order valence-electron chi connectivity index (χ3n) is 3.49. The largest absolute Gasteiger partial charge is 0.383 e. The van der Waals surface area contributed by atoms with E-state index in [0.717, 1.165) is 15.3 Å². The van der Waals surface area contributed by atoms with Crippen molar-refractivity contribution in [3.8, 4) is 0 Å². The number of anilines is 1. The molecule has 1 aromatic rings. The lowest BCUT2D eigenvalue weighted by molar-refractivity contribution is 0.197. The van der Waals surface area contributed by atoms with Crippen LogP contribution in [0.5, 0.6) is 0 Å². The van der Waals surface area contributed by atoms with Gasteiger partial charge in [-0.2, -0.15) is 5.10 Å². The summed E-state index contributed by atoms with van der Waals surface area (Å²) >= 11 is 2.24. The van der Waals surface area contributed by atoms with Gasteiger partial charge in [0, 0.05) is 0 Å². The minimum atomic E-state index is 0.504. The van der Waals surface area contributed by atoms with Crippen molar-refractivity contribution in [2.24, 2.45) is 11.8 Å². The quantitative estimate of drug-likeness (QED) is 0.809. The van der Waals surface area contributed by atoms with Crippen LogP contribution in [0.2, 0.25) is 0 Å². The third-order valence-corrected chi connectivity index (χ3v) is 4.32. The minimum absolute atomic E-state index is 0.504. The summed E-state index contributed by atoms with van der Waals surface area (Å²) in [5, 5.41) is 4.40. The Hall–Kier alpha value is -0.260. The molecule has 0 amide bonds. The first-order chi connectivity index (χ1) is 7.09. The van der Waals surface area contributed by atoms with Gasteiger partial charge in [0.2, 0.25) is 0 Å². The number of rotatable bonds is 1. The van der Waals surface area contributed by atoms with E-state index < -0.39 is 0 Å². The molecule has 1 saturated carbocycles. The van der Waals surface area contributed by atoms with Gasteiger partial charge < -0.3 is 5.73 Å². The molecule has 2 N–H and O–H groups in total. The summed E-state index contributed by atoms with van der Waals surface area (Å²) in [6.45, 7) is 4.65. The molecule has 1 aliphatic carbocycles. The first-order valence-electron chi connectivity index (χ1n) is 5.58. The Bertz CT molecular complexity index is 348. The van der Waals surface area contributed by atoms with Gasteiger partial charge in [-0.15, -0.1) is 0 Å². The summed E-state index contributed by atoms with van der Waals surface area (Å²) in [7, 11) is 0. The lowest BCUT2D eigenvalue weighted by Crippen LogP contribution is -2.26. The molecular weight excluding hydrogens is 301 g/mol. The predicted molar refractivity (Wildman–Crippen MR) is 70.6 cm³/mol. The van der Waals surface area contributed by atoms with Crippen LogP contribution in [0.25, 0.3) is 0 Å². The van der Waals surface area contributed by atoms with Crippen LogP contribution in [0.3, 0.4) is 0 Å². The molecular formula is C11H18IN3. The summed E-state index contributed by atoms with van der Waals surface area (Å²) in [4.78, 5) is 0. The monoisotopic (exact) mass is 319 g/mol. The number of nitrogens with zero attached hydrogens (tertiary/aromatic N) is 2. The molecule has 1 aliphatic rings. The molecule has 0 aliphatic heterocycles. The zero-order valence-electron chi connectivity index (χ0n) is 9.28. The first-order valence-corrected chi connectivity index (χ1v) is 6.66. The number of nitrogen functional groups attached to an aromatic ring is 1. The summed E-state index contributed by atoms with van der Waals surface area (Å²) in [5.74, 6) is 2.38. The van der Waals surface area contributed by atoms with Gasteiger partial charge in [0.25, 0.3) is 0 Å². The van der Waals surface area contributed by atoms with Crippen LogP contribution in [0.4, 0.5) is 5.82 Å². The smallest absolute Gasteiger partial charge is 0.135 e. The highest BCUT2D eigenvalue weighted by molar-refractivity contribution is 14.1. The average Bonchev–Trinajstić information content (AvgIpc) is 2.49. The predicted octanol–water partition coefficient (Wildman–Crippen LogP) is 3.07. The SMILES string of the molecule is CC1CCC(n2ncc(I)c2N)C(C)C1. The molecule has 84 valence electrons.